The third kappa shape index (κ3) is 6.43. The molecule has 1 aromatic rings. The summed E-state index contributed by atoms with van der Waals surface area (Å²) in [5.74, 6) is 0.781. The molecule has 0 aliphatic rings. The fourth-order valence-corrected chi connectivity index (χ4v) is 8.36. The first kappa shape index (κ1) is 19.7. The van der Waals surface area contributed by atoms with Crippen molar-refractivity contribution < 1.29 is 4.74 Å². The first-order chi connectivity index (χ1) is 10.7. The average molecular weight is 411 g/mol. The summed E-state index contributed by atoms with van der Waals surface area (Å²) in [7, 11) is 1.72. The molecule has 124 valence electrons. The van der Waals surface area contributed by atoms with Gasteiger partial charge in [0.15, 0.2) is 0 Å². The predicted octanol–water partition coefficient (Wildman–Crippen LogP) is 4.54. The molecule has 0 bridgehead atoms. The number of ether oxygens (including phenoxy) is 1. The summed E-state index contributed by atoms with van der Waals surface area (Å²) in [6, 6.07) is 2.16. The molecule has 0 amide bonds. The molecule has 2 radical (unpaired) electrons. The SMILES string of the molecule is CCCC[C](CCCC)(CCCC)[Sn][c]1ccnnc1OC. The molecule has 0 atom stereocenters. The van der Waals surface area contributed by atoms with E-state index in [2.05, 4.69) is 37.0 Å². The third-order valence-electron chi connectivity index (χ3n) is 4.31. The number of unbranched alkanes of at least 4 members (excludes halogenated alkanes) is 3. The van der Waals surface area contributed by atoms with Crippen molar-refractivity contribution >= 4 is 24.7 Å². The van der Waals surface area contributed by atoms with Gasteiger partial charge < -0.3 is 0 Å². The van der Waals surface area contributed by atoms with Crippen LogP contribution in [-0.2, 0) is 0 Å². The van der Waals surface area contributed by atoms with Gasteiger partial charge in [0.25, 0.3) is 0 Å². The molecule has 4 heteroatoms. The van der Waals surface area contributed by atoms with Crippen LogP contribution >= 0.6 is 0 Å². The minimum atomic E-state index is -0.770. The molecule has 0 N–H and O–H groups in total. The Morgan fingerprint density at radius 1 is 1.00 bits per heavy atom. The second-order valence-electron chi connectivity index (χ2n) is 6.17. The summed E-state index contributed by atoms with van der Waals surface area (Å²) in [4.78, 5) is 0. The molecule has 0 unspecified atom stereocenters. The van der Waals surface area contributed by atoms with Crippen molar-refractivity contribution in [3.63, 3.8) is 0 Å². The van der Waals surface area contributed by atoms with E-state index in [0.717, 1.165) is 5.88 Å². The van der Waals surface area contributed by atoms with E-state index in [1.165, 1.54) is 61.4 Å². The van der Waals surface area contributed by atoms with Crippen molar-refractivity contribution in [3.05, 3.63) is 12.3 Å². The Balaban J connectivity index is 2.97. The first-order valence-corrected chi connectivity index (χ1v) is 11.7. The van der Waals surface area contributed by atoms with Crippen LogP contribution in [0.3, 0.4) is 0 Å². The maximum atomic E-state index is 5.47. The van der Waals surface area contributed by atoms with Crippen LogP contribution in [0.15, 0.2) is 12.3 Å². The first-order valence-electron chi connectivity index (χ1n) is 8.85. The molecule has 0 saturated heterocycles. The van der Waals surface area contributed by atoms with Gasteiger partial charge >= 0.3 is 147 Å². The summed E-state index contributed by atoms with van der Waals surface area (Å²) in [5, 5.41) is 8.18. The van der Waals surface area contributed by atoms with Crippen molar-refractivity contribution in [3.8, 4) is 5.88 Å². The Morgan fingerprint density at radius 3 is 2.00 bits per heavy atom. The molecule has 1 heterocycles. The number of hydrogen-bond acceptors (Lipinski definition) is 3. The predicted molar refractivity (Wildman–Crippen MR) is 95.2 cm³/mol. The van der Waals surface area contributed by atoms with E-state index in [-0.39, 0.29) is 0 Å². The van der Waals surface area contributed by atoms with E-state index in [0.29, 0.717) is 3.43 Å². The zero-order valence-electron chi connectivity index (χ0n) is 14.8. The zero-order valence-corrected chi connectivity index (χ0v) is 17.7. The molecule has 22 heavy (non-hydrogen) atoms. The summed E-state index contributed by atoms with van der Waals surface area (Å²) in [6.07, 6.45) is 14.0. The van der Waals surface area contributed by atoms with Gasteiger partial charge in [0.1, 0.15) is 0 Å². The van der Waals surface area contributed by atoms with Gasteiger partial charge in [-0.05, 0) is 0 Å². The van der Waals surface area contributed by atoms with Gasteiger partial charge in [-0.3, -0.25) is 0 Å². The third-order valence-corrected chi connectivity index (χ3v) is 9.82. The van der Waals surface area contributed by atoms with Gasteiger partial charge in [-0.2, -0.15) is 0 Å². The van der Waals surface area contributed by atoms with Crippen molar-refractivity contribution in [1.29, 1.82) is 0 Å². The van der Waals surface area contributed by atoms with Crippen molar-refractivity contribution in [2.24, 2.45) is 0 Å². The second-order valence-corrected chi connectivity index (χ2v) is 11.4. The minimum absolute atomic E-state index is 0.571. The molecule has 1 rings (SSSR count). The number of methoxy groups -OCH3 is 1. The Hall–Kier alpha value is -0.321. The van der Waals surface area contributed by atoms with Crippen LogP contribution in [0.1, 0.15) is 78.6 Å². The Kier molecular flexibility index (Phi) is 10.1. The fourth-order valence-electron chi connectivity index (χ4n) is 2.96. The van der Waals surface area contributed by atoms with Gasteiger partial charge in [0, 0.05) is 0 Å². The molecular weight excluding hydrogens is 379 g/mol. The molecule has 0 spiro atoms. The molecule has 0 aromatic carbocycles. The summed E-state index contributed by atoms with van der Waals surface area (Å²) < 4.78 is 7.44. The molecule has 3 nitrogen and oxygen atoms in total. The van der Waals surface area contributed by atoms with Gasteiger partial charge in [-0.1, -0.05) is 0 Å². The topological polar surface area (TPSA) is 35.0 Å². The monoisotopic (exact) mass is 412 g/mol. The molecule has 0 saturated carbocycles. The van der Waals surface area contributed by atoms with Crippen molar-refractivity contribution in [1.82, 2.24) is 10.2 Å². The van der Waals surface area contributed by atoms with E-state index in [1.807, 2.05) is 6.20 Å². The van der Waals surface area contributed by atoms with Crippen LogP contribution in [0.25, 0.3) is 0 Å². The number of hydrogen-bond donors (Lipinski definition) is 0. The Bertz CT molecular complexity index is 390. The normalized spacial score (nSPS) is 11.6. The van der Waals surface area contributed by atoms with E-state index in [9.17, 15) is 0 Å². The standard InChI is InChI=1S/C13H27.C5H5N2O.Sn/c1-4-7-10-13(11-8-5-2)12-9-6-3;1-8-5-3-2-4-6-7-5;/h4-12H2,1-3H3;2,4H,1H3;. The fraction of sp³-hybridized carbons (Fsp3) is 0.778. The van der Waals surface area contributed by atoms with E-state index in [1.54, 1.807) is 7.11 Å². The number of aromatic nitrogens is 2. The van der Waals surface area contributed by atoms with Gasteiger partial charge in [-0.25, -0.2) is 0 Å². The molecule has 0 aliphatic heterocycles. The summed E-state index contributed by atoms with van der Waals surface area (Å²) in [6.45, 7) is 6.93. The van der Waals surface area contributed by atoms with Crippen LogP contribution in [0, 0.1) is 0 Å². The summed E-state index contributed by atoms with van der Waals surface area (Å²) >= 11 is -0.770. The van der Waals surface area contributed by atoms with Gasteiger partial charge in [0.05, 0.1) is 0 Å². The van der Waals surface area contributed by atoms with Crippen LogP contribution in [0.2, 0.25) is 3.43 Å². The van der Waals surface area contributed by atoms with Gasteiger partial charge in [0.2, 0.25) is 0 Å². The summed E-state index contributed by atoms with van der Waals surface area (Å²) in [5.41, 5.74) is 0. The quantitative estimate of drug-likeness (QED) is 0.474. The zero-order chi connectivity index (χ0) is 16.3. The van der Waals surface area contributed by atoms with E-state index in [4.69, 9.17) is 4.74 Å². The van der Waals surface area contributed by atoms with E-state index >= 15 is 0 Å². The molecular formula is C18H32N2OSn. The molecule has 0 aliphatic carbocycles. The van der Waals surface area contributed by atoms with E-state index < -0.39 is 21.1 Å². The van der Waals surface area contributed by atoms with Crippen LogP contribution < -0.4 is 8.32 Å². The Morgan fingerprint density at radius 2 is 1.55 bits per heavy atom. The van der Waals surface area contributed by atoms with Crippen LogP contribution in [0.5, 0.6) is 5.88 Å². The number of rotatable bonds is 12. The van der Waals surface area contributed by atoms with Crippen LogP contribution in [-0.4, -0.2) is 38.4 Å². The van der Waals surface area contributed by atoms with Crippen LogP contribution in [0.4, 0.5) is 0 Å². The van der Waals surface area contributed by atoms with Crippen molar-refractivity contribution in [2.45, 2.75) is 82.0 Å². The number of nitrogens with zero attached hydrogens (tertiary/aromatic N) is 2. The average Bonchev–Trinajstić information content (AvgIpc) is 2.56. The van der Waals surface area contributed by atoms with Crippen molar-refractivity contribution in [2.75, 3.05) is 7.11 Å². The Labute approximate surface area is 146 Å². The second kappa shape index (κ2) is 11.3. The molecule has 0 fully saturated rings. The maximum absolute atomic E-state index is 5.47. The molecule has 1 aromatic heterocycles. The van der Waals surface area contributed by atoms with Gasteiger partial charge in [-0.15, -0.1) is 0 Å².